The zero-order chi connectivity index (χ0) is 10.8. The van der Waals surface area contributed by atoms with Crippen molar-refractivity contribution in [3.63, 3.8) is 0 Å². The molecule has 0 spiro atoms. The van der Waals surface area contributed by atoms with Gasteiger partial charge in [0, 0.05) is 15.6 Å². The number of hydrogen-bond acceptors (Lipinski definition) is 2. The Hall–Kier alpha value is 1.17. The van der Waals surface area contributed by atoms with Crippen LogP contribution in [0.4, 0.5) is 0 Å². The Kier molecular flexibility index (Phi) is 4.77. The average molecular weight is 362 g/mol. The second-order valence-electron chi connectivity index (χ2n) is 4.22. The van der Waals surface area contributed by atoms with Crippen LogP contribution in [0.25, 0.3) is 0 Å². The van der Waals surface area contributed by atoms with Crippen LogP contribution in [0.15, 0.2) is 0 Å². The van der Waals surface area contributed by atoms with Crippen molar-refractivity contribution >= 4 is 43.5 Å². The van der Waals surface area contributed by atoms with Gasteiger partial charge in [0.15, 0.2) is 6.29 Å². The molecule has 2 rings (SSSR count). The van der Waals surface area contributed by atoms with Gasteiger partial charge < -0.3 is 9.47 Å². The number of ether oxygens (including phenoxy) is 2. The number of alkyl halides is 3. The monoisotopic (exact) mass is 360 g/mol. The lowest BCUT2D eigenvalue weighted by Gasteiger charge is -2.32. The first-order chi connectivity index (χ1) is 7.20. The molecule has 2 fully saturated rings. The zero-order valence-electron chi connectivity index (χ0n) is 8.37. The summed E-state index contributed by atoms with van der Waals surface area (Å²) in [6, 6.07) is 0. The van der Waals surface area contributed by atoms with Crippen molar-refractivity contribution in [3.8, 4) is 0 Å². The van der Waals surface area contributed by atoms with E-state index in [9.17, 15) is 0 Å². The molecule has 88 valence electrons. The minimum atomic E-state index is -0.0335. The van der Waals surface area contributed by atoms with Gasteiger partial charge in [0.25, 0.3) is 0 Å². The minimum Gasteiger partial charge on any atom is -0.350 e. The van der Waals surface area contributed by atoms with Crippen LogP contribution in [0.2, 0.25) is 0 Å². The van der Waals surface area contributed by atoms with Gasteiger partial charge in [-0.1, -0.05) is 31.9 Å². The fourth-order valence-electron chi connectivity index (χ4n) is 2.15. The molecule has 0 amide bonds. The molecule has 1 heterocycles. The Morgan fingerprint density at radius 2 is 2.00 bits per heavy atom. The van der Waals surface area contributed by atoms with Gasteiger partial charge in [0.05, 0.1) is 18.6 Å². The van der Waals surface area contributed by atoms with Gasteiger partial charge in [-0.25, -0.2) is 0 Å². The quantitative estimate of drug-likeness (QED) is 0.702. The molecule has 2 nitrogen and oxygen atoms in total. The minimum absolute atomic E-state index is 0.0335. The third-order valence-electron chi connectivity index (χ3n) is 3.06. The smallest absolute Gasteiger partial charge is 0.161 e. The zero-order valence-corrected chi connectivity index (χ0v) is 12.3. The predicted octanol–water partition coefficient (Wildman–Crippen LogP) is 3.29. The third-order valence-corrected chi connectivity index (χ3v) is 6.23. The molecular formula is C10H15Br2ClO2. The predicted molar refractivity (Wildman–Crippen MR) is 68.1 cm³/mol. The molecule has 5 heteroatoms. The van der Waals surface area contributed by atoms with Crippen LogP contribution in [0.1, 0.15) is 19.3 Å². The summed E-state index contributed by atoms with van der Waals surface area (Å²) in [5, 5.41) is 0. The van der Waals surface area contributed by atoms with Gasteiger partial charge >= 0.3 is 0 Å². The highest BCUT2D eigenvalue weighted by atomic mass is 79.9. The van der Waals surface area contributed by atoms with E-state index >= 15 is 0 Å². The Morgan fingerprint density at radius 3 is 2.60 bits per heavy atom. The lowest BCUT2D eigenvalue weighted by molar-refractivity contribution is -0.101. The summed E-state index contributed by atoms with van der Waals surface area (Å²) < 4.78 is 11.4. The Morgan fingerprint density at radius 1 is 1.20 bits per heavy atom. The van der Waals surface area contributed by atoms with Crippen molar-refractivity contribution in [2.75, 3.05) is 12.5 Å². The molecule has 15 heavy (non-hydrogen) atoms. The summed E-state index contributed by atoms with van der Waals surface area (Å²) in [5.74, 6) is 1.04. The van der Waals surface area contributed by atoms with Crippen LogP contribution in [0.3, 0.4) is 0 Å². The second-order valence-corrected chi connectivity index (χ2v) is 6.88. The molecule has 1 saturated heterocycles. The highest BCUT2D eigenvalue weighted by molar-refractivity contribution is 9.12. The van der Waals surface area contributed by atoms with Crippen LogP contribution in [-0.4, -0.2) is 34.5 Å². The number of halogens is 3. The van der Waals surface area contributed by atoms with Crippen molar-refractivity contribution in [1.29, 1.82) is 0 Å². The number of rotatable bonds is 2. The summed E-state index contributed by atoms with van der Waals surface area (Å²) in [4.78, 5) is 1.11. The van der Waals surface area contributed by atoms with E-state index in [1.165, 1.54) is 6.42 Å². The van der Waals surface area contributed by atoms with Crippen LogP contribution in [0, 0.1) is 5.92 Å². The largest absolute Gasteiger partial charge is 0.350 e. The molecule has 1 aliphatic heterocycles. The average Bonchev–Trinajstić information content (AvgIpc) is 2.70. The van der Waals surface area contributed by atoms with Crippen LogP contribution >= 0.6 is 43.5 Å². The van der Waals surface area contributed by atoms with E-state index in [4.69, 9.17) is 21.1 Å². The van der Waals surface area contributed by atoms with E-state index in [0.29, 0.717) is 28.1 Å². The van der Waals surface area contributed by atoms with E-state index < -0.39 is 0 Å². The van der Waals surface area contributed by atoms with Crippen molar-refractivity contribution in [2.24, 2.45) is 5.92 Å². The van der Waals surface area contributed by atoms with Gasteiger partial charge in [0.2, 0.25) is 0 Å². The third kappa shape index (κ3) is 3.09. The molecule has 0 radical (unpaired) electrons. The van der Waals surface area contributed by atoms with Crippen LogP contribution < -0.4 is 0 Å². The molecule has 0 aromatic rings. The van der Waals surface area contributed by atoms with Gasteiger partial charge in [-0.3, -0.25) is 0 Å². The van der Waals surface area contributed by atoms with E-state index in [1.54, 1.807) is 0 Å². The fourth-order valence-corrected chi connectivity index (χ4v) is 3.54. The molecule has 1 saturated carbocycles. The maximum absolute atomic E-state index is 5.74. The van der Waals surface area contributed by atoms with Gasteiger partial charge in [-0.15, -0.1) is 11.6 Å². The number of hydrogen-bond donors (Lipinski definition) is 0. The topological polar surface area (TPSA) is 18.5 Å². The van der Waals surface area contributed by atoms with E-state index in [0.717, 1.165) is 12.8 Å². The maximum atomic E-state index is 5.74. The molecule has 5 atom stereocenters. The molecule has 0 N–H and O–H groups in total. The SMILES string of the molecule is ClC[C@@H]1CO[C@H]([C@@H]2CC[C@@H](Br)[C@@H](Br)C2)O1. The van der Waals surface area contributed by atoms with Crippen LogP contribution in [-0.2, 0) is 9.47 Å². The van der Waals surface area contributed by atoms with Crippen molar-refractivity contribution < 1.29 is 9.47 Å². The summed E-state index contributed by atoms with van der Waals surface area (Å²) in [6.45, 7) is 0.648. The van der Waals surface area contributed by atoms with Crippen molar-refractivity contribution in [1.82, 2.24) is 0 Å². The first-order valence-corrected chi connectivity index (χ1v) is 7.68. The van der Waals surface area contributed by atoms with Crippen molar-refractivity contribution in [3.05, 3.63) is 0 Å². The lowest BCUT2D eigenvalue weighted by Crippen LogP contribution is -2.33. The highest BCUT2D eigenvalue weighted by Crippen LogP contribution is 2.37. The van der Waals surface area contributed by atoms with E-state index in [2.05, 4.69) is 31.9 Å². The Bertz CT molecular complexity index is 218. The molecule has 0 unspecified atom stereocenters. The van der Waals surface area contributed by atoms with Crippen LogP contribution in [0.5, 0.6) is 0 Å². The standard InChI is InChI=1S/C10H15Br2ClO2/c11-8-2-1-6(3-9(8)12)10-14-5-7(4-13)15-10/h6-10H,1-5H2/t6-,7-,8-,9+,10+/m1/s1. The second kappa shape index (κ2) is 5.67. The summed E-state index contributed by atoms with van der Waals surface area (Å²) in [7, 11) is 0. The maximum Gasteiger partial charge on any atom is 0.161 e. The molecule has 0 bridgehead atoms. The summed E-state index contributed by atoms with van der Waals surface area (Å²) >= 11 is 13.1. The van der Waals surface area contributed by atoms with E-state index in [-0.39, 0.29) is 12.4 Å². The van der Waals surface area contributed by atoms with Gasteiger partial charge in [-0.2, -0.15) is 0 Å². The Balaban J connectivity index is 1.84. The fraction of sp³-hybridized carbons (Fsp3) is 1.00. The highest BCUT2D eigenvalue weighted by Gasteiger charge is 2.37. The molecule has 0 aromatic heterocycles. The normalized spacial score (nSPS) is 47.0. The molecule has 1 aliphatic carbocycles. The summed E-state index contributed by atoms with van der Waals surface area (Å²) in [6.07, 6.45) is 3.50. The van der Waals surface area contributed by atoms with Gasteiger partial charge in [-0.05, 0) is 19.3 Å². The first-order valence-electron chi connectivity index (χ1n) is 5.32. The Labute approximate surface area is 112 Å². The summed E-state index contributed by atoms with van der Waals surface area (Å²) in [5.41, 5.74) is 0. The molecule has 0 aromatic carbocycles. The lowest BCUT2D eigenvalue weighted by atomic mass is 9.88. The van der Waals surface area contributed by atoms with Gasteiger partial charge in [0.1, 0.15) is 0 Å². The molecule has 2 aliphatic rings. The first kappa shape index (κ1) is 12.6. The van der Waals surface area contributed by atoms with E-state index in [1.807, 2.05) is 0 Å². The molecular weight excluding hydrogens is 347 g/mol. The van der Waals surface area contributed by atoms with Crippen molar-refractivity contribution in [2.45, 2.75) is 41.3 Å².